The number of benzene rings is 1. The number of unbranched alkanes of at least 4 members (excludes halogenated alkanes) is 3. The predicted octanol–water partition coefficient (Wildman–Crippen LogP) is 4.80. The van der Waals surface area contributed by atoms with Crippen molar-refractivity contribution >= 4 is 0 Å². The third-order valence-corrected chi connectivity index (χ3v) is 3.60. The molecule has 0 N–H and O–H groups in total. The zero-order valence-corrected chi connectivity index (χ0v) is 13.9. The number of hydrogen-bond acceptors (Lipinski definition) is 2. The molecular formula is C19H32O2. The molecule has 0 saturated carbocycles. The van der Waals surface area contributed by atoms with E-state index in [2.05, 4.69) is 38.1 Å². The molecule has 0 saturated heterocycles. The Hall–Kier alpha value is -0.860. The summed E-state index contributed by atoms with van der Waals surface area (Å²) < 4.78 is 11.3. The van der Waals surface area contributed by atoms with Crippen LogP contribution in [-0.4, -0.2) is 26.4 Å². The van der Waals surface area contributed by atoms with E-state index < -0.39 is 0 Å². The van der Waals surface area contributed by atoms with Gasteiger partial charge in [0.05, 0.1) is 13.2 Å². The van der Waals surface area contributed by atoms with Crippen LogP contribution in [0, 0.1) is 0 Å². The molecule has 21 heavy (non-hydrogen) atoms. The van der Waals surface area contributed by atoms with Crippen LogP contribution < -0.4 is 0 Å². The fourth-order valence-electron chi connectivity index (χ4n) is 2.23. The van der Waals surface area contributed by atoms with Gasteiger partial charge in [-0.1, -0.05) is 57.4 Å². The van der Waals surface area contributed by atoms with Crippen LogP contribution in [0.2, 0.25) is 0 Å². The van der Waals surface area contributed by atoms with E-state index in [9.17, 15) is 0 Å². The zero-order valence-electron chi connectivity index (χ0n) is 13.9. The van der Waals surface area contributed by atoms with E-state index in [1.807, 2.05) is 0 Å². The van der Waals surface area contributed by atoms with Gasteiger partial charge in [0.1, 0.15) is 0 Å². The third kappa shape index (κ3) is 9.65. The molecule has 1 aromatic carbocycles. The first-order chi connectivity index (χ1) is 10.4. The number of hydrogen-bond donors (Lipinski definition) is 0. The Kier molecular flexibility index (Phi) is 11.1. The van der Waals surface area contributed by atoms with Crippen LogP contribution in [0.1, 0.15) is 57.1 Å². The lowest BCUT2D eigenvalue weighted by molar-refractivity contribution is 0.133. The second kappa shape index (κ2) is 12.8. The van der Waals surface area contributed by atoms with Crippen molar-refractivity contribution in [3.63, 3.8) is 0 Å². The molecule has 0 heterocycles. The largest absolute Gasteiger partial charge is 0.381 e. The molecule has 1 rings (SSSR count). The molecule has 2 nitrogen and oxygen atoms in total. The van der Waals surface area contributed by atoms with E-state index in [1.165, 1.54) is 36.8 Å². The van der Waals surface area contributed by atoms with Crippen molar-refractivity contribution in [2.24, 2.45) is 0 Å². The van der Waals surface area contributed by atoms with E-state index in [4.69, 9.17) is 9.47 Å². The van der Waals surface area contributed by atoms with Gasteiger partial charge in [-0.15, -0.1) is 0 Å². The summed E-state index contributed by atoms with van der Waals surface area (Å²) in [6.07, 6.45) is 8.10. The van der Waals surface area contributed by atoms with Gasteiger partial charge < -0.3 is 9.47 Å². The third-order valence-electron chi connectivity index (χ3n) is 3.60. The molecule has 0 aliphatic heterocycles. The highest BCUT2D eigenvalue weighted by Crippen LogP contribution is 2.08. The molecule has 0 aliphatic carbocycles. The van der Waals surface area contributed by atoms with Crippen LogP contribution in [-0.2, 0) is 22.3 Å². The Bertz CT molecular complexity index is 349. The van der Waals surface area contributed by atoms with E-state index in [-0.39, 0.29) is 0 Å². The van der Waals surface area contributed by atoms with Crippen molar-refractivity contribution in [1.82, 2.24) is 0 Å². The zero-order chi connectivity index (χ0) is 15.2. The molecule has 0 atom stereocenters. The van der Waals surface area contributed by atoms with Crippen molar-refractivity contribution in [3.05, 3.63) is 35.4 Å². The lowest BCUT2D eigenvalue weighted by Gasteiger charge is -2.07. The van der Waals surface area contributed by atoms with Gasteiger partial charge in [0, 0.05) is 13.2 Å². The van der Waals surface area contributed by atoms with Crippen molar-refractivity contribution in [2.75, 3.05) is 26.4 Å². The second-order valence-electron chi connectivity index (χ2n) is 5.61. The lowest BCUT2D eigenvalue weighted by Crippen LogP contribution is -2.02. The highest BCUT2D eigenvalue weighted by Gasteiger charge is 1.98. The minimum absolute atomic E-state index is 0.830. The predicted molar refractivity (Wildman–Crippen MR) is 89.9 cm³/mol. The van der Waals surface area contributed by atoms with Gasteiger partial charge in [0.15, 0.2) is 0 Å². The summed E-state index contributed by atoms with van der Waals surface area (Å²) in [5.41, 5.74) is 2.74. The van der Waals surface area contributed by atoms with Crippen LogP contribution in [0.4, 0.5) is 0 Å². The highest BCUT2D eigenvalue weighted by molar-refractivity contribution is 5.23. The van der Waals surface area contributed by atoms with E-state index >= 15 is 0 Å². The van der Waals surface area contributed by atoms with Crippen molar-refractivity contribution in [2.45, 2.75) is 58.8 Å². The van der Waals surface area contributed by atoms with Gasteiger partial charge in [0.2, 0.25) is 0 Å². The van der Waals surface area contributed by atoms with E-state index in [0.717, 1.165) is 45.7 Å². The molecule has 0 aromatic heterocycles. The molecule has 1 aromatic rings. The van der Waals surface area contributed by atoms with Crippen LogP contribution in [0.25, 0.3) is 0 Å². The van der Waals surface area contributed by atoms with Crippen molar-refractivity contribution < 1.29 is 9.47 Å². The summed E-state index contributed by atoms with van der Waals surface area (Å²) in [6.45, 7) is 7.87. The minimum atomic E-state index is 0.830. The van der Waals surface area contributed by atoms with Crippen LogP contribution in [0.3, 0.4) is 0 Å². The van der Waals surface area contributed by atoms with Crippen molar-refractivity contribution in [3.8, 4) is 0 Å². The van der Waals surface area contributed by atoms with Gasteiger partial charge in [-0.25, -0.2) is 0 Å². The molecule has 2 heteroatoms. The van der Waals surface area contributed by atoms with Crippen LogP contribution >= 0.6 is 0 Å². The molecule has 120 valence electrons. The monoisotopic (exact) mass is 292 g/mol. The standard InChI is InChI=1S/C19H32O2/c1-3-5-7-14-21-16-12-19-10-8-9-18(17-19)11-15-20-13-6-4-2/h8-10,17H,3-7,11-16H2,1-2H3. The molecule has 0 bridgehead atoms. The Labute approximate surface area is 130 Å². The van der Waals surface area contributed by atoms with Gasteiger partial charge in [-0.3, -0.25) is 0 Å². The van der Waals surface area contributed by atoms with Gasteiger partial charge in [0.25, 0.3) is 0 Å². The summed E-state index contributed by atoms with van der Waals surface area (Å²) in [4.78, 5) is 0. The molecule has 0 amide bonds. The minimum Gasteiger partial charge on any atom is -0.381 e. The van der Waals surface area contributed by atoms with Crippen molar-refractivity contribution in [1.29, 1.82) is 0 Å². The molecule has 0 unspecified atom stereocenters. The average molecular weight is 292 g/mol. The topological polar surface area (TPSA) is 18.5 Å². The summed E-state index contributed by atoms with van der Waals surface area (Å²) in [5.74, 6) is 0. The van der Waals surface area contributed by atoms with Gasteiger partial charge >= 0.3 is 0 Å². The Morgan fingerprint density at radius 2 is 1.29 bits per heavy atom. The summed E-state index contributed by atoms with van der Waals surface area (Å²) in [6, 6.07) is 8.82. The highest BCUT2D eigenvalue weighted by atomic mass is 16.5. The van der Waals surface area contributed by atoms with Crippen LogP contribution in [0.5, 0.6) is 0 Å². The Morgan fingerprint density at radius 1 is 0.714 bits per heavy atom. The SMILES string of the molecule is CCCCCOCCc1cccc(CCOCCCC)c1. The lowest BCUT2D eigenvalue weighted by atomic mass is 10.1. The Balaban J connectivity index is 2.16. The normalized spacial score (nSPS) is 11.0. The van der Waals surface area contributed by atoms with Gasteiger partial charge in [-0.05, 0) is 36.8 Å². The number of rotatable bonds is 13. The van der Waals surface area contributed by atoms with Crippen LogP contribution in [0.15, 0.2) is 24.3 Å². The Morgan fingerprint density at radius 3 is 1.86 bits per heavy atom. The van der Waals surface area contributed by atoms with E-state index in [1.54, 1.807) is 0 Å². The molecule has 0 radical (unpaired) electrons. The van der Waals surface area contributed by atoms with E-state index in [0.29, 0.717) is 0 Å². The molecular weight excluding hydrogens is 260 g/mol. The van der Waals surface area contributed by atoms with Gasteiger partial charge in [-0.2, -0.15) is 0 Å². The maximum absolute atomic E-state index is 5.68. The maximum Gasteiger partial charge on any atom is 0.0506 e. The summed E-state index contributed by atoms with van der Waals surface area (Å²) in [7, 11) is 0. The fourth-order valence-corrected chi connectivity index (χ4v) is 2.23. The molecule has 0 spiro atoms. The quantitative estimate of drug-likeness (QED) is 0.486. The first kappa shape index (κ1) is 18.2. The smallest absolute Gasteiger partial charge is 0.0506 e. The first-order valence-electron chi connectivity index (χ1n) is 8.60. The first-order valence-corrected chi connectivity index (χ1v) is 8.60. The molecule has 0 aliphatic rings. The fraction of sp³-hybridized carbons (Fsp3) is 0.684. The second-order valence-corrected chi connectivity index (χ2v) is 5.61. The number of ether oxygens (including phenoxy) is 2. The molecule has 0 fully saturated rings. The summed E-state index contributed by atoms with van der Waals surface area (Å²) >= 11 is 0. The summed E-state index contributed by atoms with van der Waals surface area (Å²) in [5, 5.41) is 0. The maximum atomic E-state index is 5.68. The average Bonchev–Trinajstić information content (AvgIpc) is 2.51.